The Morgan fingerprint density at radius 3 is 2.58 bits per heavy atom. The number of ether oxygens (including phenoxy) is 2. The molecule has 1 fully saturated rings. The molecule has 2 aromatic carbocycles. The van der Waals surface area contributed by atoms with Crippen LogP contribution in [0, 0.1) is 5.82 Å². The van der Waals surface area contributed by atoms with Crippen molar-refractivity contribution in [2.24, 2.45) is 0 Å². The number of amides is 1. The fraction of sp³-hybridized carbons (Fsp3) is 0.304. The fourth-order valence-electron chi connectivity index (χ4n) is 3.53. The normalized spacial score (nSPS) is 14.5. The van der Waals surface area contributed by atoms with Crippen molar-refractivity contribution < 1.29 is 23.2 Å². The minimum Gasteiger partial charge on any atom is -0.493 e. The van der Waals surface area contributed by atoms with Crippen LogP contribution in [0.1, 0.15) is 21.8 Å². The van der Waals surface area contributed by atoms with Crippen molar-refractivity contribution in [1.29, 1.82) is 0 Å². The van der Waals surface area contributed by atoms with Crippen molar-refractivity contribution in [3.8, 4) is 11.5 Å². The molecule has 7 nitrogen and oxygen atoms in total. The number of nitrogens with zero attached hydrogens (tertiary/aromatic N) is 3. The van der Waals surface area contributed by atoms with Gasteiger partial charge in [0.2, 0.25) is 0 Å². The zero-order valence-corrected chi connectivity index (χ0v) is 17.3. The lowest BCUT2D eigenvalue weighted by Gasteiger charge is -2.34. The lowest BCUT2D eigenvalue weighted by molar-refractivity contribution is 0.0618. The molecule has 1 aliphatic heterocycles. The van der Waals surface area contributed by atoms with Crippen LogP contribution in [0.4, 0.5) is 4.39 Å². The van der Waals surface area contributed by atoms with Gasteiger partial charge >= 0.3 is 0 Å². The van der Waals surface area contributed by atoms with E-state index in [1.54, 1.807) is 42.3 Å². The molecule has 3 aromatic rings. The molecular formula is C23H24FN3O4. The molecule has 0 bridgehead atoms. The summed E-state index contributed by atoms with van der Waals surface area (Å²) in [5, 5.41) is 3.91. The molecule has 1 aromatic heterocycles. The van der Waals surface area contributed by atoms with Crippen LogP contribution in [0.15, 0.2) is 59.1 Å². The number of halogens is 1. The van der Waals surface area contributed by atoms with Crippen molar-refractivity contribution in [2.75, 3.05) is 33.3 Å². The highest BCUT2D eigenvalue weighted by molar-refractivity contribution is 5.92. The summed E-state index contributed by atoms with van der Waals surface area (Å²) in [5.41, 5.74) is 1.19. The van der Waals surface area contributed by atoms with E-state index in [1.165, 1.54) is 6.07 Å². The molecule has 31 heavy (non-hydrogen) atoms. The Morgan fingerprint density at radius 1 is 1.06 bits per heavy atom. The summed E-state index contributed by atoms with van der Waals surface area (Å²) in [5.74, 6) is 1.26. The molecule has 4 rings (SSSR count). The van der Waals surface area contributed by atoms with Crippen molar-refractivity contribution in [3.05, 3.63) is 77.4 Å². The number of hydrogen-bond donors (Lipinski definition) is 0. The highest BCUT2D eigenvalue weighted by atomic mass is 19.1. The van der Waals surface area contributed by atoms with Gasteiger partial charge in [-0.05, 0) is 29.8 Å². The van der Waals surface area contributed by atoms with Gasteiger partial charge in [-0.15, -0.1) is 0 Å². The molecule has 1 aliphatic rings. The van der Waals surface area contributed by atoms with Crippen LogP contribution in [0.5, 0.6) is 11.5 Å². The van der Waals surface area contributed by atoms with Gasteiger partial charge < -0.3 is 18.9 Å². The number of piperazine rings is 1. The second-order valence-corrected chi connectivity index (χ2v) is 7.32. The SMILES string of the molecule is COc1ccccc1OCc1cc(C(=O)N2CCN(Cc3cccc(F)c3)CC2)no1. The van der Waals surface area contributed by atoms with Gasteiger partial charge in [0.15, 0.2) is 23.0 Å². The van der Waals surface area contributed by atoms with E-state index in [-0.39, 0.29) is 24.0 Å². The summed E-state index contributed by atoms with van der Waals surface area (Å²) in [7, 11) is 1.57. The molecule has 1 saturated heterocycles. The molecule has 8 heteroatoms. The van der Waals surface area contributed by atoms with Gasteiger partial charge in [-0.2, -0.15) is 0 Å². The lowest BCUT2D eigenvalue weighted by Crippen LogP contribution is -2.48. The van der Waals surface area contributed by atoms with E-state index < -0.39 is 0 Å². The predicted molar refractivity (Wildman–Crippen MR) is 111 cm³/mol. The van der Waals surface area contributed by atoms with Crippen LogP contribution in [-0.4, -0.2) is 54.2 Å². The Kier molecular flexibility index (Phi) is 6.47. The Bertz CT molecular complexity index is 1030. The van der Waals surface area contributed by atoms with E-state index in [1.807, 2.05) is 18.2 Å². The van der Waals surface area contributed by atoms with Crippen LogP contribution in [0.2, 0.25) is 0 Å². The Hall–Kier alpha value is -3.39. The number of aromatic nitrogens is 1. The van der Waals surface area contributed by atoms with Gasteiger partial charge in [-0.3, -0.25) is 9.69 Å². The first-order chi connectivity index (χ1) is 15.1. The first-order valence-corrected chi connectivity index (χ1v) is 10.1. The minimum absolute atomic E-state index is 0.141. The monoisotopic (exact) mass is 425 g/mol. The number of rotatable bonds is 7. The van der Waals surface area contributed by atoms with Gasteiger partial charge in [0.1, 0.15) is 12.4 Å². The summed E-state index contributed by atoms with van der Waals surface area (Å²) in [6, 6.07) is 15.5. The molecule has 0 saturated carbocycles. The van der Waals surface area contributed by atoms with E-state index in [2.05, 4.69) is 10.1 Å². The van der Waals surface area contributed by atoms with Crippen molar-refractivity contribution in [1.82, 2.24) is 15.0 Å². The van der Waals surface area contributed by atoms with Crippen molar-refractivity contribution in [3.63, 3.8) is 0 Å². The molecule has 0 radical (unpaired) electrons. The Labute approximate surface area is 179 Å². The largest absolute Gasteiger partial charge is 0.493 e. The summed E-state index contributed by atoms with van der Waals surface area (Å²) in [4.78, 5) is 16.7. The highest BCUT2D eigenvalue weighted by Crippen LogP contribution is 2.26. The zero-order valence-electron chi connectivity index (χ0n) is 17.3. The molecular weight excluding hydrogens is 401 g/mol. The second-order valence-electron chi connectivity index (χ2n) is 7.32. The smallest absolute Gasteiger partial charge is 0.276 e. The standard InChI is InChI=1S/C23H24FN3O4/c1-29-21-7-2-3-8-22(21)30-16-19-14-20(25-31-19)23(28)27-11-9-26(10-12-27)15-17-5-4-6-18(24)13-17/h2-8,13-14H,9-12,15-16H2,1H3. The lowest BCUT2D eigenvalue weighted by atomic mass is 10.2. The summed E-state index contributed by atoms with van der Waals surface area (Å²) >= 11 is 0. The third-order valence-electron chi connectivity index (χ3n) is 5.17. The average Bonchev–Trinajstić information content (AvgIpc) is 3.27. The van der Waals surface area contributed by atoms with Crippen LogP contribution in [0.25, 0.3) is 0 Å². The van der Waals surface area contributed by atoms with E-state index in [0.717, 1.165) is 5.56 Å². The first kappa shape index (κ1) is 20.9. The zero-order chi connectivity index (χ0) is 21.6. The molecule has 1 amide bonds. The summed E-state index contributed by atoms with van der Waals surface area (Å²) < 4.78 is 29.6. The van der Waals surface area contributed by atoms with Gasteiger partial charge in [-0.25, -0.2) is 4.39 Å². The summed E-state index contributed by atoms with van der Waals surface area (Å²) in [6.45, 7) is 3.38. The van der Waals surface area contributed by atoms with E-state index in [0.29, 0.717) is 50.0 Å². The number of carbonyl (C=O) groups is 1. The molecule has 162 valence electrons. The summed E-state index contributed by atoms with van der Waals surface area (Å²) in [6.07, 6.45) is 0. The van der Waals surface area contributed by atoms with Gasteiger partial charge in [0.05, 0.1) is 7.11 Å². The van der Waals surface area contributed by atoms with Crippen LogP contribution >= 0.6 is 0 Å². The molecule has 0 N–H and O–H groups in total. The highest BCUT2D eigenvalue weighted by Gasteiger charge is 2.24. The van der Waals surface area contributed by atoms with E-state index >= 15 is 0 Å². The molecule has 0 spiro atoms. The molecule has 2 heterocycles. The number of para-hydroxylation sites is 2. The predicted octanol–water partition coefficient (Wildman–Crippen LogP) is 3.36. The third-order valence-corrected chi connectivity index (χ3v) is 5.17. The number of hydrogen-bond acceptors (Lipinski definition) is 6. The molecule has 0 aliphatic carbocycles. The fourth-order valence-corrected chi connectivity index (χ4v) is 3.53. The van der Waals surface area contributed by atoms with Gasteiger partial charge in [-0.1, -0.05) is 29.4 Å². The number of methoxy groups -OCH3 is 1. The number of benzene rings is 2. The van der Waals surface area contributed by atoms with Crippen molar-refractivity contribution in [2.45, 2.75) is 13.2 Å². The van der Waals surface area contributed by atoms with Crippen LogP contribution in [0.3, 0.4) is 0 Å². The van der Waals surface area contributed by atoms with Gasteiger partial charge in [0.25, 0.3) is 5.91 Å². The Balaban J connectivity index is 1.29. The molecule has 0 atom stereocenters. The maximum absolute atomic E-state index is 13.4. The maximum atomic E-state index is 13.4. The Morgan fingerprint density at radius 2 is 1.84 bits per heavy atom. The van der Waals surface area contributed by atoms with E-state index in [4.69, 9.17) is 14.0 Å². The number of carbonyl (C=O) groups excluding carboxylic acids is 1. The molecule has 0 unspecified atom stereocenters. The van der Waals surface area contributed by atoms with Gasteiger partial charge in [0, 0.05) is 38.8 Å². The second kappa shape index (κ2) is 9.61. The van der Waals surface area contributed by atoms with Crippen molar-refractivity contribution >= 4 is 5.91 Å². The van der Waals surface area contributed by atoms with Crippen LogP contribution in [-0.2, 0) is 13.2 Å². The third kappa shape index (κ3) is 5.21. The average molecular weight is 425 g/mol. The topological polar surface area (TPSA) is 68.0 Å². The minimum atomic E-state index is -0.233. The maximum Gasteiger partial charge on any atom is 0.276 e. The quantitative estimate of drug-likeness (QED) is 0.578. The van der Waals surface area contributed by atoms with Crippen LogP contribution < -0.4 is 9.47 Å². The first-order valence-electron chi connectivity index (χ1n) is 10.1. The van der Waals surface area contributed by atoms with E-state index in [9.17, 15) is 9.18 Å².